The van der Waals surface area contributed by atoms with E-state index in [9.17, 15) is 14.7 Å². The third-order valence-electron chi connectivity index (χ3n) is 2.95. The Bertz CT molecular complexity index is 280. The molecule has 1 rings (SSSR count). The first-order chi connectivity index (χ1) is 7.43. The van der Waals surface area contributed by atoms with Crippen LogP contribution < -0.4 is 11.1 Å². The van der Waals surface area contributed by atoms with Crippen LogP contribution in [0.3, 0.4) is 0 Å². The summed E-state index contributed by atoms with van der Waals surface area (Å²) >= 11 is 0. The molecule has 0 aromatic carbocycles. The van der Waals surface area contributed by atoms with E-state index in [1.165, 1.54) is 6.92 Å². The fraction of sp³-hybridized carbons (Fsp3) is 0.800. The highest BCUT2D eigenvalue weighted by Gasteiger charge is 2.33. The zero-order chi connectivity index (χ0) is 12.3. The molecule has 16 heavy (non-hydrogen) atoms. The zero-order valence-electron chi connectivity index (χ0n) is 9.22. The largest absolute Gasteiger partial charge is 0.480 e. The second-order valence-electron chi connectivity index (χ2n) is 4.27. The first-order valence-corrected chi connectivity index (χ1v) is 5.40. The Morgan fingerprint density at radius 3 is 2.44 bits per heavy atom. The van der Waals surface area contributed by atoms with Crippen molar-refractivity contribution in [2.24, 2.45) is 11.7 Å². The number of rotatable bonds is 4. The van der Waals surface area contributed by atoms with E-state index < -0.39 is 18.1 Å². The van der Waals surface area contributed by atoms with Gasteiger partial charge in [0.1, 0.15) is 0 Å². The van der Waals surface area contributed by atoms with Crippen LogP contribution in [0.1, 0.15) is 26.2 Å². The van der Waals surface area contributed by atoms with E-state index in [1.54, 1.807) is 0 Å². The maximum absolute atomic E-state index is 11.7. The van der Waals surface area contributed by atoms with E-state index in [4.69, 9.17) is 10.8 Å². The predicted octanol–water partition coefficient (Wildman–Crippen LogP) is -0.936. The highest BCUT2D eigenvalue weighted by atomic mass is 16.4. The summed E-state index contributed by atoms with van der Waals surface area (Å²) < 4.78 is 0. The summed E-state index contributed by atoms with van der Waals surface area (Å²) in [5.41, 5.74) is 5.74. The monoisotopic (exact) mass is 230 g/mol. The topological polar surface area (TPSA) is 113 Å². The Labute approximate surface area is 93.8 Å². The van der Waals surface area contributed by atoms with Crippen molar-refractivity contribution in [2.75, 3.05) is 0 Å². The molecule has 5 N–H and O–H groups in total. The summed E-state index contributed by atoms with van der Waals surface area (Å²) in [6.45, 7) is 1.33. The standard InChI is InChI=1S/C10H18N2O4/c1-5(13)8(10(15)16)12-9(14)6-3-2-4-7(6)11/h5-8,13H,2-4,11H2,1H3,(H,12,14)(H,15,16). The number of aliphatic carboxylic acids is 1. The fourth-order valence-corrected chi connectivity index (χ4v) is 1.96. The fourth-order valence-electron chi connectivity index (χ4n) is 1.96. The molecule has 1 fully saturated rings. The van der Waals surface area contributed by atoms with Crippen molar-refractivity contribution in [1.29, 1.82) is 0 Å². The lowest BCUT2D eigenvalue weighted by atomic mass is 10.0. The number of aliphatic hydroxyl groups excluding tert-OH is 1. The smallest absolute Gasteiger partial charge is 0.328 e. The van der Waals surface area contributed by atoms with E-state index in [-0.39, 0.29) is 17.9 Å². The average molecular weight is 230 g/mol. The maximum atomic E-state index is 11.7. The average Bonchev–Trinajstić information content (AvgIpc) is 2.59. The molecule has 1 amide bonds. The third kappa shape index (κ3) is 2.93. The minimum atomic E-state index is -1.26. The summed E-state index contributed by atoms with van der Waals surface area (Å²) in [4.78, 5) is 22.5. The minimum Gasteiger partial charge on any atom is -0.480 e. The van der Waals surface area contributed by atoms with Gasteiger partial charge in [-0.25, -0.2) is 4.79 Å². The number of hydrogen-bond donors (Lipinski definition) is 4. The minimum absolute atomic E-state index is 0.205. The van der Waals surface area contributed by atoms with Crippen LogP contribution in [0.15, 0.2) is 0 Å². The van der Waals surface area contributed by atoms with E-state index in [0.717, 1.165) is 12.8 Å². The van der Waals surface area contributed by atoms with E-state index in [2.05, 4.69) is 5.32 Å². The van der Waals surface area contributed by atoms with Gasteiger partial charge in [-0.3, -0.25) is 4.79 Å². The van der Waals surface area contributed by atoms with Gasteiger partial charge in [0.2, 0.25) is 5.91 Å². The molecule has 0 aromatic rings. The quantitative estimate of drug-likeness (QED) is 0.498. The van der Waals surface area contributed by atoms with Gasteiger partial charge in [-0.1, -0.05) is 6.42 Å². The molecule has 1 saturated carbocycles. The first kappa shape index (κ1) is 12.9. The van der Waals surface area contributed by atoms with Crippen LogP contribution in [0.5, 0.6) is 0 Å². The van der Waals surface area contributed by atoms with E-state index in [1.807, 2.05) is 0 Å². The highest BCUT2D eigenvalue weighted by molar-refractivity contribution is 5.85. The lowest BCUT2D eigenvalue weighted by Gasteiger charge is -2.21. The van der Waals surface area contributed by atoms with Crippen molar-refractivity contribution >= 4 is 11.9 Å². The number of carboxylic acid groups (broad SMARTS) is 1. The predicted molar refractivity (Wildman–Crippen MR) is 56.6 cm³/mol. The van der Waals surface area contributed by atoms with Gasteiger partial charge >= 0.3 is 5.97 Å². The van der Waals surface area contributed by atoms with Gasteiger partial charge in [0, 0.05) is 6.04 Å². The highest BCUT2D eigenvalue weighted by Crippen LogP contribution is 2.24. The Hall–Kier alpha value is -1.14. The van der Waals surface area contributed by atoms with Crippen molar-refractivity contribution in [2.45, 2.75) is 44.4 Å². The van der Waals surface area contributed by atoms with Crippen molar-refractivity contribution in [1.82, 2.24) is 5.32 Å². The molecule has 0 aliphatic heterocycles. The van der Waals surface area contributed by atoms with Gasteiger partial charge in [0.25, 0.3) is 0 Å². The maximum Gasteiger partial charge on any atom is 0.328 e. The molecule has 0 bridgehead atoms. The van der Waals surface area contributed by atoms with Gasteiger partial charge in [0.15, 0.2) is 6.04 Å². The summed E-state index contributed by atoms with van der Waals surface area (Å²) in [7, 11) is 0. The number of amides is 1. The van der Waals surface area contributed by atoms with Crippen LogP contribution in [0.2, 0.25) is 0 Å². The van der Waals surface area contributed by atoms with Gasteiger partial charge in [-0.05, 0) is 19.8 Å². The van der Waals surface area contributed by atoms with Crippen molar-refractivity contribution < 1.29 is 19.8 Å². The van der Waals surface area contributed by atoms with E-state index in [0.29, 0.717) is 6.42 Å². The van der Waals surface area contributed by atoms with Gasteiger partial charge < -0.3 is 21.3 Å². The molecule has 1 aliphatic carbocycles. The first-order valence-electron chi connectivity index (χ1n) is 5.40. The lowest BCUT2D eigenvalue weighted by Crippen LogP contribution is -2.51. The molecule has 0 spiro atoms. The van der Waals surface area contributed by atoms with Crippen LogP contribution in [0.4, 0.5) is 0 Å². The molecular weight excluding hydrogens is 212 g/mol. The zero-order valence-corrected chi connectivity index (χ0v) is 9.22. The second-order valence-corrected chi connectivity index (χ2v) is 4.27. The second kappa shape index (κ2) is 5.27. The Balaban J connectivity index is 2.58. The van der Waals surface area contributed by atoms with E-state index >= 15 is 0 Å². The van der Waals surface area contributed by atoms with Gasteiger partial charge in [-0.15, -0.1) is 0 Å². The molecule has 4 unspecified atom stereocenters. The number of hydrogen-bond acceptors (Lipinski definition) is 4. The number of carbonyl (C=O) groups excluding carboxylic acids is 1. The number of nitrogens with two attached hydrogens (primary N) is 1. The number of aliphatic hydroxyl groups is 1. The number of nitrogens with one attached hydrogen (secondary N) is 1. The molecule has 0 aromatic heterocycles. The molecule has 6 nitrogen and oxygen atoms in total. The SMILES string of the molecule is CC(O)C(NC(=O)C1CCCC1N)C(=O)O. The summed E-state index contributed by atoms with van der Waals surface area (Å²) in [6, 6.07) is -1.47. The van der Waals surface area contributed by atoms with Gasteiger partial charge in [-0.2, -0.15) is 0 Å². The molecule has 0 saturated heterocycles. The van der Waals surface area contributed by atoms with Crippen molar-refractivity contribution in [3.05, 3.63) is 0 Å². The molecule has 6 heteroatoms. The molecule has 0 heterocycles. The Morgan fingerprint density at radius 1 is 1.44 bits per heavy atom. The molecule has 1 aliphatic rings. The molecule has 92 valence electrons. The number of carboxylic acids is 1. The molecule has 4 atom stereocenters. The lowest BCUT2D eigenvalue weighted by molar-refractivity contribution is -0.145. The number of carbonyl (C=O) groups is 2. The molecule has 0 radical (unpaired) electrons. The van der Waals surface area contributed by atoms with Crippen molar-refractivity contribution in [3.8, 4) is 0 Å². The summed E-state index contributed by atoms with van der Waals surface area (Å²) in [6.07, 6.45) is 1.22. The Kier molecular flexibility index (Phi) is 4.26. The van der Waals surface area contributed by atoms with Crippen LogP contribution >= 0.6 is 0 Å². The third-order valence-corrected chi connectivity index (χ3v) is 2.95. The normalized spacial score (nSPS) is 28.4. The van der Waals surface area contributed by atoms with Gasteiger partial charge in [0.05, 0.1) is 12.0 Å². The Morgan fingerprint density at radius 2 is 2.06 bits per heavy atom. The van der Waals surface area contributed by atoms with Crippen LogP contribution in [0.25, 0.3) is 0 Å². The van der Waals surface area contributed by atoms with Crippen molar-refractivity contribution in [3.63, 3.8) is 0 Å². The summed E-state index contributed by atoms with van der Waals surface area (Å²) in [5.74, 6) is -1.95. The molecular formula is C10H18N2O4. The summed E-state index contributed by atoms with van der Waals surface area (Å²) in [5, 5.41) is 20.3. The van der Waals surface area contributed by atoms with Crippen LogP contribution in [-0.4, -0.2) is 40.3 Å². The van der Waals surface area contributed by atoms with Crippen LogP contribution in [0, 0.1) is 5.92 Å². The van der Waals surface area contributed by atoms with Crippen LogP contribution in [-0.2, 0) is 9.59 Å².